The molecule has 3 aromatic rings. The fourth-order valence-corrected chi connectivity index (χ4v) is 1.91. The van der Waals surface area contributed by atoms with E-state index in [0.717, 1.165) is 22.2 Å². The molecule has 3 nitrogen and oxygen atoms in total. The van der Waals surface area contributed by atoms with Gasteiger partial charge in [0.2, 0.25) is 0 Å². The van der Waals surface area contributed by atoms with Crippen molar-refractivity contribution in [3.05, 3.63) is 48.8 Å². The van der Waals surface area contributed by atoms with Crippen LogP contribution in [0.5, 0.6) is 0 Å². The molecule has 78 valence electrons. The summed E-state index contributed by atoms with van der Waals surface area (Å²) in [4.78, 5) is 7.54. The molecule has 1 aromatic carbocycles. The van der Waals surface area contributed by atoms with Crippen LogP contribution in [0.2, 0.25) is 0 Å². The summed E-state index contributed by atoms with van der Waals surface area (Å²) in [6, 6.07) is 11.8. The standard InChI is InChI=1S/C13H11N3/c14-11-5-3-7-15-13(11)10-8-16-12-6-2-1-4-9(10)12/h1-8,16H,14H2. The minimum absolute atomic E-state index is 0.701. The molecule has 0 saturated carbocycles. The topological polar surface area (TPSA) is 54.7 Å². The summed E-state index contributed by atoms with van der Waals surface area (Å²) in [6.45, 7) is 0. The molecule has 0 aliphatic heterocycles. The molecule has 0 unspecified atom stereocenters. The number of nitrogen functional groups attached to an aromatic ring is 1. The summed E-state index contributed by atoms with van der Waals surface area (Å²) < 4.78 is 0. The Bertz CT molecular complexity index is 640. The highest BCUT2D eigenvalue weighted by molar-refractivity contribution is 5.96. The number of benzene rings is 1. The lowest BCUT2D eigenvalue weighted by atomic mass is 10.1. The Morgan fingerprint density at radius 1 is 1.06 bits per heavy atom. The third-order valence-electron chi connectivity index (χ3n) is 2.68. The number of hydrogen-bond acceptors (Lipinski definition) is 2. The number of fused-ring (bicyclic) bond motifs is 1. The summed E-state index contributed by atoms with van der Waals surface area (Å²) >= 11 is 0. The van der Waals surface area contributed by atoms with E-state index in [2.05, 4.69) is 16.0 Å². The van der Waals surface area contributed by atoms with Crippen LogP contribution in [0, 0.1) is 0 Å². The number of pyridine rings is 1. The van der Waals surface area contributed by atoms with Crippen LogP contribution in [0.3, 0.4) is 0 Å². The summed E-state index contributed by atoms with van der Waals surface area (Å²) in [5.41, 5.74) is 9.61. The number of aromatic nitrogens is 2. The molecule has 3 heteroatoms. The van der Waals surface area contributed by atoms with E-state index in [0.29, 0.717) is 5.69 Å². The fourth-order valence-electron chi connectivity index (χ4n) is 1.91. The van der Waals surface area contributed by atoms with Crippen molar-refractivity contribution in [1.82, 2.24) is 9.97 Å². The van der Waals surface area contributed by atoms with E-state index in [1.54, 1.807) is 6.20 Å². The SMILES string of the molecule is Nc1cccnc1-c1c[nH]c2ccccc12. The molecule has 2 heterocycles. The van der Waals surface area contributed by atoms with Crippen LogP contribution in [0.1, 0.15) is 0 Å². The minimum atomic E-state index is 0.701. The first-order valence-corrected chi connectivity index (χ1v) is 5.13. The van der Waals surface area contributed by atoms with Gasteiger partial charge in [0.05, 0.1) is 11.4 Å². The van der Waals surface area contributed by atoms with Gasteiger partial charge in [0.1, 0.15) is 0 Å². The van der Waals surface area contributed by atoms with Gasteiger partial charge in [-0.1, -0.05) is 18.2 Å². The Balaban J connectivity index is 2.31. The quantitative estimate of drug-likeness (QED) is 0.647. The maximum Gasteiger partial charge on any atom is 0.0952 e. The molecule has 3 rings (SSSR count). The van der Waals surface area contributed by atoms with E-state index in [1.807, 2.05) is 36.5 Å². The molecular weight excluding hydrogens is 198 g/mol. The van der Waals surface area contributed by atoms with Crippen molar-refractivity contribution < 1.29 is 0 Å². The molecule has 0 atom stereocenters. The molecule has 3 N–H and O–H groups in total. The molecule has 2 aromatic heterocycles. The normalized spacial score (nSPS) is 10.8. The van der Waals surface area contributed by atoms with Crippen LogP contribution >= 0.6 is 0 Å². The largest absolute Gasteiger partial charge is 0.397 e. The molecular formula is C13H11N3. The smallest absolute Gasteiger partial charge is 0.0952 e. The van der Waals surface area contributed by atoms with Crippen LogP contribution in [0.25, 0.3) is 22.2 Å². The average molecular weight is 209 g/mol. The highest BCUT2D eigenvalue weighted by Gasteiger charge is 2.08. The van der Waals surface area contributed by atoms with Crippen molar-refractivity contribution in [2.45, 2.75) is 0 Å². The Labute approximate surface area is 92.9 Å². The van der Waals surface area contributed by atoms with Gasteiger partial charge in [0, 0.05) is 28.9 Å². The second-order valence-electron chi connectivity index (χ2n) is 3.69. The lowest BCUT2D eigenvalue weighted by Gasteiger charge is -2.01. The Morgan fingerprint density at radius 3 is 2.81 bits per heavy atom. The van der Waals surface area contributed by atoms with Crippen molar-refractivity contribution in [3.8, 4) is 11.3 Å². The zero-order valence-corrected chi connectivity index (χ0v) is 8.64. The van der Waals surface area contributed by atoms with Crippen molar-refractivity contribution in [1.29, 1.82) is 0 Å². The number of nitrogens with two attached hydrogens (primary N) is 1. The molecule has 0 fully saturated rings. The van der Waals surface area contributed by atoms with E-state index in [9.17, 15) is 0 Å². The van der Waals surface area contributed by atoms with Crippen molar-refractivity contribution in [2.75, 3.05) is 5.73 Å². The number of anilines is 1. The molecule has 0 amide bonds. The Kier molecular flexibility index (Phi) is 1.90. The Morgan fingerprint density at radius 2 is 1.94 bits per heavy atom. The van der Waals surface area contributed by atoms with Crippen LogP contribution in [0.15, 0.2) is 48.8 Å². The monoisotopic (exact) mass is 209 g/mol. The molecule has 0 aliphatic carbocycles. The number of rotatable bonds is 1. The highest BCUT2D eigenvalue weighted by atomic mass is 14.8. The fraction of sp³-hybridized carbons (Fsp3) is 0. The number of nitrogens with one attached hydrogen (secondary N) is 1. The van der Waals surface area contributed by atoms with Gasteiger partial charge in [-0.25, -0.2) is 0 Å². The van der Waals surface area contributed by atoms with E-state index in [-0.39, 0.29) is 0 Å². The molecule has 0 radical (unpaired) electrons. The number of H-pyrrole nitrogens is 1. The summed E-state index contributed by atoms with van der Waals surface area (Å²) in [7, 11) is 0. The molecule has 0 bridgehead atoms. The maximum absolute atomic E-state index is 5.93. The van der Waals surface area contributed by atoms with Crippen molar-refractivity contribution >= 4 is 16.6 Å². The Hall–Kier alpha value is -2.29. The van der Waals surface area contributed by atoms with Crippen LogP contribution < -0.4 is 5.73 Å². The van der Waals surface area contributed by atoms with E-state index in [4.69, 9.17) is 5.73 Å². The van der Waals surface area contributed by atoms with Gasteiger partial charge in [0.15, 0.2) is 0 Å². The summed E-state index contributed by atoms with van der Waals surface area (Å²) in [6.07, 6.45) is 3.71. The van der Waals surface area contributed by atoms with Gasteiger partial charge in [-0.15, -0.1) is 0 Å². The van der Waals surface area contributed by atoms with Crippen LogP contribution in [-0.4, -0.2) is 9.97 Å². The lowest BCUT2D eigenvalue weighted by Crippen LogP contribution is -1.91. The third kappa shape index (κ3) is 1.26. The third-order valence-corrected chi connectivity index (χ3v) is 2.68. The van der Waals surface area contributed by atoms with Gasteiger partial charge in [-0.3, -0.25) is 4.98 Å². The minimum Gasteiger partial charge on any atom is -0.397 e. The van der Waals surface area contributed by atoms with Gasteiger partial charge in [-0.2, -0.15) is 0 Å². The summed E-state index contributed by atoms with van der Waals surface area (Å²) in [5.74, 6) is 0. The predicted octanol–water partition coefficient (Wildman–Crippen LogP) is 2.81. The number of nitrogens with zero attached hydrogens (tertiary/aromatic N) is 1. The van der Waals surface area contributed by atoms with Crippen molar-refractivity contribution in [3.63, 3.8) is 0 Å². The predicted molar refractivity (Wildman–Crippen MR) is 65.9 cm³/mol. The van der Waals surface area contributed by atoms with Gasteiger partial charge in [0.25, 0.3) is 0 Å². The molecule has 0 spiro atoms. The number of hydrogen-bond donors (Lipinski definition) is 2. The van der Waals surface area contributed by atoms with E-state index in [1.165, 1.54) is 0 Å². The van der Waals surface area contributed by atoms with Crippen LogP contribution in [0.4, 0.5) is 5.69 Å². The summed E-state index contributed by atoms with van der Waals surface area (Å²) in [5, 5.41) is 1.15. The molecule has 0 aliphatic rings. The van der Waals surface area contributed by atoms with Gasteiger partial charge < -0.3 is 10.7 Å². The van der Waals surface area contributed by atoms with Crippen molar-refractivity contribution in [2.24, 2.45) is 0 Å². The average Bonchev–Trinajstić information content (AvgIpc) is 2.74. The first kappa shape index (κ1) is 8.97. The zero-order valence-electron chi connectivity index (χ0n) is 8.64. The first-order valence-electron chi connectivity index (χ1n) is 5.13. The lowest BCUT2D eigenvalue weighted by molar-refractivity contribution is 1.33. The van der Waals surface area contributed by atoms with Gasteiger partial charge in [-0.05, 0) is 18.2 Å². The highest BCUT2D eigenvalue weighted by Crippen LogP contribution is 2.30. The second kappa shape index (κ2) is 3.38. The molecule has 0 saturated heterocycles. The number of para-hydroxylation sites is 1. The molecule has 16 heavy (non-hydrogen) atoms. The van der Waals surface area contributed by atoms with Crippen LogP contribution in [-0.2, 0) is 0 Å². The van der Waals surface area contributed by atoms with E-state index < -0.39 is 0 Å². The maximum atomic E-state index is 5.93. The zero-order chi connectivity index (χ0) is 11.0. The van der Waals surface area contributed by atoms with E-state index >= 15 is 0 Å². The number of aromatic amines is 1. The second-order valence-corrected chi connectivity index (χ2v) is 3.69. The van der Waals surface area contributed by atoms with Gasteiger partial charge >= 0.3 is 0 Å². The first-order chi connectivity index (χ1) is 7.86.